The molecule has 0 bridgehead atoms. The van der Waals surface area contributed by atoms with E-state index in [1.807, 2.05) is 0 Å². The zero-order valence-electron chi connectivity index (χ0n) is 15.3. The van der Waals surface area contributed by atoms with Gasteiger partial charge in [-0.15, -0.1) is 0 Å². The Morgan fingerprint density at radius 3 is 2.29 bits per heavy atom. The zero-order chi connectivity index (χ0) is 21.2. The van der Waals surface area contributed by atoms with Crippen molar-refractivity contribution in [3.8, 4) is 11.3 Å². The van der Waals surface area contributed by atoms with Crippen LogP contribution in [0.3, 0.4) is 0 Å². The average Bonchev–Trinajstić information content (AvgIpc) is 3.09. The van der Waals surface area contributed by atoms with Crippen molar-refractivity contribution in [2.24, 2.45) is 0 Å². The number of nitrogens with zero attached hydrogens (tertiary/aromatic N) is 1. The molecule has 0 aliphatic heterocycles. The van der Waals surface area contributed by atoms with Crippen LogP contribution in [0.25, 0.3) is 11.3 Å². The molecule has 0 fully saturated rings. The molecule has 0 aliphatic rings. The van der Waals surface area contributed by atoms with Gasteiger partial charge in [0.05, 0.1) is 0 Å². The van der Waals surface area contributed by atoms with Crippen molar-refractivity contribution in [3.63, 3.8) is 0 Å². The van der Waals surface area contributed by atoms with Gasteiger partial charge in [0.1, 0.15) is 5.69 Å². The summed E-state index contributed by atoms with van der Waals surface area (Å²) in [5.41, 5.74) is 0.280. The van der Waals surface area contributed by atoms with Gasteiger partial charge in [0.25, 0.3) is 5.06 Å². The molecule has 0 aliphatic carbocycles. The van der Waals surface area contributed by atoms with Gasteiger partial charge < -0.3 is 14.6 Å². The van der Waals surface area contributed by atoms with Crippen LogP contribution in [-0.4, -0.2) is 32.8 Å². The number of alkyl halides is 3. The van der Waals surface area contributed by atoms with Gasteiger partial charge in [-0.05, 0) is 6.42 Å². The van der Waals surface area contributed by atoms with Gasteiger partial charge >= 0.3 is 6.18 Å². The van der Waals surface area contributed by atoms with E-state index in [1.54, 1.807) is 6.92 Å². The molecule has 0 saturated carbocycles. The number of aromatic nitrogens is 1. The Morgan fingerprint density at radius 2 is 1.86 bits per heavy atom. The largest absolute Gasteiger partial charge is 0.452 e. The van der Waals surface area contributed by atoms with Crippen LogP contribution in [0.15, 0.2) is 34.9 Å². The SMILES string of the molecule is CCCC(=O)NC(OC)(c1ccc(-c2cc(C(F)(F)F)on2)cc1)S(C)(=O)=O. The lowest BCUT2D eigenvalue weighted by molar-refractivity contribution is -0.155. The average molecular weight is 420 g/mol. The van der Waals surface area contributed by atoms with Crippen LogP contribution in [0.2, 0.25) is 0 Å². The van der Waals surface area contributed by atoms with Crippen LogP contribution in [0.4, 0.5) is 13.2 Å². The number of methoxy groups -OCH3 is 1. The molecule has 1 aromatic carbocycles. The van der Waals surface area contributed by atoms with Gasteiger partial charge in [-0.2, -0.15) is 13.2 Å². The maximum atomic E-state index is 12.6. The van der Waals surface area contributed by atoms with Crippen molar-refractivity contribution in [2.45, 2.75) is 31.0 Å². The number of halogens is 3. The quantitative estimate of drug-likeness (QED) is 0.692. The van der Waals surface area contributed by atoms with E-state index in [9.17, 15) is 26.4 Å². The van der Waals surface area contributed by atoms with E-state index in [-0.39, 0.29) is 23.2 Å². The standard InChI is InChI=1S/C17H19F3N2O5S/c1-4-5-15(23)21-17(26-2,28(3,24)25)12-8-6-11(7-9-12)13-10-14(27-22-13)16(18,19)20/h6-10H,4-5H2,1-3H3,(H,21,23). The number of carbonyl (C=O) groups excluding carboxylic acids is 1. The number of ether oxygens (including phenoxy) is 1. The maximum absolute atomic E-state index is 12.6. The first-order valence-electron chi connectivity index (χ1n) is 8.15. The van der Waals surface area contributed by atoms with Crippen molar-refractivity contribution in [1.29, 1.82) is 0 Å². The van der Waals surface area contributed by atoms with E-state index in [0.29, 0.717) is 6.42 Å². The van der Waals surface area contributed by atoms with Crippen molar-refractivity contribution >= 4 is 15.7 Å². The van der Waals surface area contributed by atoms with Crippen LogP contribution < -0.4 is 5.32 Å². The van der Waals surface area contributed by atoms with Gasteiger partial charge in [-0.25, -0.2) is 8.42 Å². The van der Waals surface area contributed by atoms with E-state index in [2.05, 4.69) is 15.0 Å². The highest BCUT2D eigenvalue weighted by molar-refractivity contribution is 7.91. The second-order valence-corrected chi connectivity index (χ2v) is 8.16. The summed E-state index contributed by atoms with van der Waals surface area (Å²) in [5, 5.41) is 3.63. The fourth-order valence-corrected chi connectivity index (χ4v) is 3.74. The lowest BCUT2D eigenvalue weighted by Gasteiger charge is -2.31. The van der Waals surface area contributed by atoms with Gasteiger partial charge in [0.2, 0.25) is 21.5 Å². The number of sulfone groups is 1. The van der Waals surface area contributed by atoms with Crippen LogP contribution in [0.1, 0.15) is 31.1 Å². The minimum atomic E-state index is -4.67. The van der Waals surface area contributed by atoms with Gasteiger partial charge in [0, 0.05) is 37.0 Å². The van der Waals surface area contributed by atoms with E-state index < -0.39 is 32.7 Å². The van der Waals surface area contributed by atoms with E-state index in [1.165, 1.54) is 24.3 Å². The number of benzene rings is 1. The van der Waals surface area contributed by atoms with Gasteiger partial charge in [0.15, 0.2) is 0 Å². The Bertz CT molecular complexity index is 938. The molecule has 1 amide bonds. The Kier molecular flexibility index (Phi) is 6.19. The van der Waals surface area contributed by atoms with E-state index >= 15 is 0 Å². The molecule has 28 heavy (non-hydrogen) atoms. The number of nitrogens with one attached hydrogen (secondary N) is 1. The molecule has 1 unspecified atom stereocenters. The Labute approximate surface area is 159 Å². The number of hydrogen-bond acceptors (Lipinski definition) is 6. The van der Waals surface area contributed by atoms with Crippen molar-refractivity contribution in [2.75, 3.05) is 13.4 Å². The smallest absolute Gasteiger partial charge is 0.351 e. The third-order valence-electron chi connectivity index (χ3n) is 3.94. The number of carbonyl (C=O) groups is 1. The predicted molar refractivity (Wildman–Crippen MR) is 93.5 cm³/mol. The molecule has 11 heteroatoms. The lowest BCUT2D eigenvalue weighted by atomic mass is 10.1. The Morgan fingerprint density at radius 1 is 1.25 bits per heavy atom. The minimum absolute atomic E-state index is 0.0729. The number of rotatable bonds is 7. The molecule has 0 spiro atoms. The highest BCUT2D eigenvalue weighted by atomic mass is 32.2. The third-order valence-corrected chi connectivity index (χ3v) is 5.49. The highest BCUT2D eigenvalue weighted by Gasteiger charge is 2.44. The first kappa shape index (κ1) is 21.9. The van der Waals surface area contributed by atoms with Gasteiger partial charge in [-0.1, -0.05) is 36.3 Å². The molecule has 154 valence electrons. The lowest BCUT2D eigenvalue weighted by Crippen LogP contribution is -2.52. The van der Waals surface area contributed by atoms with Crippen molar-refractivity contribution < 1.29 is 35.6 Å². The second-order valence-electron chi connectivity index (χ2n) is 6.04. The summed E-state index contributed by atoms with van der Waals surface area (Å²) in [5.74, 6) is -1.77. The minimum Gasteiger partial charge on any atom is -0.351 e. The zero-order valence-corrected chi connectivity index (χ0v) is 16.1. The highest BCUT2D eigenvalue weighted by Crippen LogP contribution is 2.34. The maximum Gasteiger partial charge on any atom is 0.452 e. The fraction of sp³-hybridized carbons (Fsp3) is 0.412. The molecule has 1 heterocycles. The first-order chi connectivity index (χ1) is 12.9. The normalized spacial score (nSPS) is 14.5. The molecule has 7 nitrogen and oxygen atoms in total. The predicted octanol–water partition coefficient (Wildman–Crippen LogP) is 3.08. The van der Waals surface area contributed by atoms with Crippen LogP contribution in [0.5, 0.6) is 0 Å². The molecular formula is C17H19F3N2O5S. The van der Waals surface area contributed by atoms with Crippen LogP contribution >= 0.6 is 0 Å². The Balaban J connectivity index is 2.44. The van der Waals surface area contributed by atoms with Crippen LogP contribution in [0, 0.1) is 0 Å². The molecule has 1 aromatic heterocycles. The molecule has 2 aromatic rings. The van der Waals surface area contributed by atoms with E-state index in [4.69, 9.17) is 4.74 Å². The summed E-state index contributed by atoms with van der Waals surface area (Å²) >= 11 is 0. The third kappa shape index (κ3) is 4.36. The molecule has 2 rings (SSSR count). The summed E-state index contributed by atoms with van der Waals surface area (Å²) in [4.78, 5) is 12.0. The summed E-state index contributed by atoms with van der Waals surface area (Å²) in [6.45, 7) is 1.76. The Hall–Kier alpha value is -2.40. The summed E-state index contributed by atoms with van der Waals surface area (Å²) in [7, 11) is -2.84. The van der Waals surface area contributed by atoms with E-state index in [0.717, 1.165) is 19.4 Å². The van der Waals surface area contributed by atoms with Crippen LogP contribution in [-0.2, 0) is 30.6 Å². The molecule has 0 saturated heterocycles. The summed E-state index contributed by atoms with van der Waals surface area (Å²) in [6.07, 6.45) is -3.17. The summed E-state index contributed by atoms with van der Waals surface area (Å²) < 4.78 is 72.2. The monoisotopic (exact) mass is 420 g/mol. The number of amides is 1. The van der Waals surface area contributed by atoms with Crippen molar-refractivity contribution in [3.05, 3.63) is 41.7 Å². The van der Waals surface area contributed by atoms with Gasteiger partial charge in [-0.3, -0.25) is 4.79 Å². The molecule has 1 N–H and O–H groups in total. The summed E-state index contributed by atoms with van der Waals surface area (Å²) in [6, 6.07) is 6.11. The topological polar surface area (TPSA) is 98.5 Å². The fourth-order valence-electron chi connectivity index (χ4n) is 2.58. The second kappa shape index (κ2) is 7.92. The van der Waals surface area contributed by atoms with Crippen molar-refractivity contribution in [1.82, 2.24) is 10.5 Å². The molecular weight excluding hydrogens is 401 g/mol. The molecule has 1 atom stereocenters. The molecule has 0 radical (unpaired) electrons. The first-order valence-corrected chi connectivity index (χ1v) is 10.0. The number of hydrogen-bond donors (Lipinski definition) is 1.